The van der Waals surface area contributed by atoms with E-state index >= 15 is 0 Å². The first-order valence-electron chi connectivity index (χ1n) is 7.23. The van der Waals surface area contributed by atoms with Crippen LogP contribution in [0, 0.1) is 11.8 Å². The second-order valence-corrected chi connectivity index (χ2v) is 6.06. The van der Waals surface area contributed by atoms with Gasteiger partial charge in [-0.15, -0.1) is 0 Å². The maximum atomic E-state index is 12.2. The molecule has 1 aliphatic carbocycles. The zero-order valence-electron chi connectivity index (χ0n) is 11.5. The second-order valence-electron chi connectivity index (χ2n) is 6.06. The molecule has 1 saturated heterocycles. The highest BCUT2D eigenvalue weighted by Gasteiger charge is 2.31. The molecule has 0 bridgehead atoms. The molecule has 0 aromatic carbocycles. The van der Waals surface area contributed by atoms with Crippen LogP contribution in [-0.2, 0) is 9.53 Å². The number of carbonyl (C=O) groups excluding carboxylic acids is 1. The SMILES string of the molecule is CC1CC(NC(=O)C2CCC(N)C(C)C2)CCO1. The van der Waals surface area contributed by atoms with Gasteiger partial charge in [-0.3, -0.25) is 4.79 Å². The number of carbonyl (C=O) groups is 1. The van der Waals surface area contributed by atoms with E-state index in [9.17, 15) is 4.79 Å². The summed E-state index contributed by atoms with van der Waals surface area (Å²) in [5.41, 5.74) is 5.99. The average molecular weight is 254 g/mol. The van der Waals surface area contributed by atoms with E-state index in [1.165, 1.54) is 0 Å². The lowest BCUT2D eigenvalue weighted by Gasteiger charge is -2.33. The topological polar surface area (TPSA) is 64.4 Å². The average Bonchev–Trinajstić information content (AvgIpc) is 2.32. The van der Waals surface area contributed by atoms with Crippen LogP contribution in [0.1, 0.15) is 46.0 Å². The van der Waals surface area contributed by atoms with E-state index < -0.39 is 0 Å². The lowest BCUT2D eigenvalue weighted by molar-refractivity contribution is -0.128. The van der Waals surface area contributed by atoms with Crippen molar-refractivity contribution in [3.63, 3.8) is 0 Å². The highest BCUT2D eigenvalue weighted by molar-refractivity contribution is 5.79. The summed E-state index contributed by atoms with van der Waals surface area (Å²) in [5, 5.41) is 3.19. The Bertz CT molecular complexity index is 296. The van der Waals surface area contributed by atoms with Gasteiger partial charge in [-0.2, -0.15) is 0 Å². The molecule has 104 valence electrons. The quantitative estimate of drug-likeness (QED) is 0.783. The van der Waals surface area contributed by atoms with Crippen molar-refractivity contribution in [3.05, 3.63) is 0 Å². The van der Waals surface area contributed by atoms with E-state index in [4.69, 9.17) is 10.5 Å². The highest BCUT2D eigenvalue weighted by Crippen LogP contribution is 2.28. The minimum absolute atomic E-state index is 0.165. The Morgan fingerprint density at radius 1 is 1.22 bits per heavy atom. The lowest BCUT2D eigenvalue weighted by atomic mass is 9.79. The van der Waals surface area contributed by atoms with Crippen LogP contribution in [0.4, 0.5) is 0 Å². The van der Waals surface area contributed by atoms with Gasteiger partial charge in [0.25, 0.3) is 0 Å². The Morgan fingerprint density at radius 3 is 2.67 bits per heavy atom. The normalized spacial score (nSPS) is 41.4. The van der Waals surface area contributed by atoms with Crippen molar-refractivity contribution in [1.82, 2.24) is 5.32 Å². The molecule has 0 radical (unpaired) electrons. The maximum Gasteiger partial charge on any atom is 0.223 e. The van der Waals surface area contributed by atoms with E-state index in [2.05, 4.69) is 19.2 Å². The van der Waals surface area contributed by atoms with Gasteiger partial charge in [-0.05, 0) is 44.9 Å². The van der Waals surface area contributed by atoms with Crippen LogP contribution in [0.3, 0.4) is 0 Å². The summed E-state index contributed by atoms with van der Waals surface area (Å²) in [7, 11) is 0. The first-order valence-corrected chi connectivity index (χ1v) is 7.23. The van der Waals surface area contributed by atoms with Gasteiger partial charge in [0.15, 0.2) is 0 Å². The Balaban J connectivity index is 1.80. The van der Waals surface area contributed by atoms with Gasteiger partial charge in [-0.25, -0.2) is 0 Å². The smallest absolute Gasteiger partial charge is 0.223 e. The van der Waals surface area contributed by atoms with Gasteiger partial charge in [0, 0.05) is 24.6 Å². The summed E-state index contributed by atoms with van der Waals surface area (Å²) < 4.78 is 5.50. The molecule has 2 fully saturated rings. The van der Waals surface area contributed by atoms with Crippen LogP contribution in [0.2, 0.25) is 0 Å². The third-order valence-corrected chi connectivity index (χ3v) is 4.44. The van der Waals surface area contributed by atoms with Crippen LogP contribution >= 0.6 is 0 Å². The molecule has 2 aliphatic rings. The zero-order chi connectivity index (χ0) is 13.1. The van der Waals surface area contributed by atoms with E-state index in [-0.39, 0.29) is 24.0 Å². The molecule has 5 atom stereocenters. The van der Waals surface area contributed by atoms with Crippen LogP contribution < -0.4 is 11.1 Å². The Morgan fingerprint density at radius 2 is 2.00 bits per heavy atom. The van der Waals surface area contributed by atoms with Crippen molar-refractivity contribution in [1.29, 1.82) is 0 Å². The van der Waals surface area contributed by atoms with Crippen molar-refractivity contribution < 1.29 is 9.53 Å². The summed E-state index contributed by atoms with van der Waals surface area (Å²) in [6.07, 6.45) is 5.00. The number of nitrogens with two attached hydrogens (primary N) is 1. The molecule has 1 heterocycles. The van der Waals surface area contributed by atoms with Crippen LogP contribution in [0.5, 0.6) is 0 Å². The van der Waals surface area contributed by atoms with Crippen LogP contribution in [0.25, 0.3) is 0 Å². The van der Waals surface area contributed by atoms with Crippen molar-refractivity contribution in [3.8, 4) is 0 Å². The molecule has 5 unspecified atom stereocenters. The van der Waals surface area contributed by atoms with E-state index in [1.54, 1.807) is 0 Å². The third kappa shape index (κ3) is 3.45. The Kier molecular flexibility index (Phi) is 4.62. The molecule has 1 saturated carbocycles. The fourth-order valence-corrected chi connectivity index (χ4v) is 3.11. The molecule has 18 heavy (non-hydrogen) atoms. The summed E-state index contributed by atoms with van der Waals surface area (Å²) >= 11 is 0. The summed E-state index contributed by atoms with van der Waals surface area (Å²) in [4.78, 5) is 12.2. The molecular formula is C14H26N2O2. The van der Waals surface area contributed by atoms with Gasteiger partial charge in [0.05, 0.1) is 6.10 Å². The van der Waals surface area contributed by atoms with Crippen molar-refractivity contribution in [2.24, 2.45) is 17.6 Å². The predicted octanol–water partition coefficient (Wildman–Crippen LogP) is 1.43. The molecule has 1 aliphatic heterocycles. The Hall–Kier alpha value is -0.610. The molecule has 2 rings (SSSR count). The van der Waals surface area contributed by atoms with Crippen LogP contribution in [-0.4, -0.2) is 30.7 Å². The van der Waals surface area contributed by atoms with Crippen LogP contribution in [0.15, 0.2) is 0 Å². The van der Waals surface area contributed by atoms with Gasteiger partial charge < -0.3 is 15.8 Å². The van der Waals surface area contributed by atoms with Gasteiger partial charge >= 0.3 is 0 Å². The van der Waals surface area contributed by atoms with Gasteiger partial charge in [-0.1, -0.05) is 6.92 Å². The Labute approximate surface area is 110 Å². The molecule has 1 amide bonds. The number of hydrogen-bond acceptors (Lipinski definition) is 3. The molecule has 0 spiro atoms. The fraction of sp³-hybridized carbons (Fsp3) is 0.929. The maximum absolute atomic E-state index is 12.2. The second kappa shape index (κ2) is 6.02. The van der Waals surface area contributed by atoms with Gasteiger partial charge in [0.2, 0.25) is 5.91 Å². The van der Waals surface area contributed by atoms with E-state index in [1.807, 2.05) is 0 Å². The molecule has 0 aromatic rings. The number of hydrogen-bond donors (Lipinski definition) is 2. The van der Waals surface area contributed by atoms with Gasteiger partial charge in [0.1, 0.15) is 0 Å². The molecular weight excluding hydrogens is 228 g/mol. The minimum atomic E-state index is 0.165. The summed E-state index contributed by atoms with van der Waals surface area (Å²) in [5.74, 6) is 0.855. The zero-order valence-corrected chi connectivity index (χ0v) is 11.5. The highest BCUT2D eigenvalue weighted by atomic mass is 16.5. The standard InChI is InChI=1S/C14H26N2O2/c1-9-7-11(3-4-13(9)15)14(17)16-12-5-6-18-10(2)8-12/h9-13H,3-8,15H2,1-2H3,(H,16,17). The van der Waals surface area contributed by atoms with Crippen molar-refractivity contribution >= 4 is 5.91 Å². The largest absolute Gasteiger partial charge is 0.378 e. The third-order valence-electron chi connectivity index (χ3n) is 4.44. The monoisotopic (exact) mass is 254 g/mol. The molecule has 3 N–H and O–H groups in total. The number of nitrogens with one attached hydrogen (secondary N) is 1. The minimum Gasteiger partial charge on any atom is -0.378 e. The molecule has 4 nitrogen and oxygen atoms in total. The summed E-state index contributed by atoms with van der Waals surface area (Å²) in [6, 6.07) is 0.573. The van der Waals surface area contributed by atoms with E-state index in [0.717, 1.165) is 38.7 Å². The first-order chi connectivity index (χ1) is 8.56. The number of amides is 1. The van der Waals surface area contributed by atoms with Crippen molar-refractivity contribution in [2.45, 2.75) is 64.1 Å². The number of rotatable bonds is 2. The van der Waals surface area contributed by atoms with Crippen molar-refractivity contribution in [2.75, 3.05) is 6.61 Å². The first kappa shape index (κ1) is 13.8. The lowest BCUT2D eigenvalue weighted by Crippen LogP contribution is -2.46. The summed E-state index contributed by atoms with van der Waals surface area (Å²) in [6.45, 7) is 4.98. The predicted molar refractivity (Wildman–Crippen MR) is 71.1 cm³/mol. The molecule has 0 aromatic heterocycles. The number of ether oxygens (including phenoxy) is 1. The van der Waals surface area contributed by atoms with E-state index in [0.29, 0.717) is 12.0 Å². The molecule has 4 heteroatoms. The fourth-order valence-electron chi connectivity index (χ4n) is 3.11.